The summed E-state index contributed by atoms with van der Waals surface area (Å²) < 4.78 is 32.3. The van der Waals surface area contributed by atoms with E-state index in [1.165, 1.54) is 0 Å². The van der Waals surface area contributed by atoms with Crippen molar-refractivity contribution in [2.75, 3.05) is 26.4 Å². The van der Waals surface area contributed by atoms with Crippen LogP contribution < -0.4 is 0 Å². The van der Waals surface area contributed by atoms with Crippen LogP contribution in [0.4, 0.5) is 4.39 Å². The molecule has 0 aromatic heterocycles. The molecule has 0 heterocycles. The Balaban J connectivity index is 7.14. The third-order valence-electron chi connectivity index (χ3n) is 4.92. The van der Waals surface area contributed by atoms with Crippen LogP contribution in [0.5, 0.6) is 0 Å². The third kappa shape index (κ3) is 7.55. The van der Waals surface area contributed by atoms with Gasteiger partial charge in [0.25, 0.3) is 0 Å². The highest BCUT2D eigenvalue weighted by atomic mass is 19.2. The van der Waals surface area contributed by atoms with Crippen LogP contribution >= 0.6 is 0 Å². The van der Waals surface area contributed by atoms with Crippen molar-refractivity contribution in [1.82, 2.24) is 0 Å². The first-order chi connectivity index (χ1) is 18.4. The predicted molar refractivity (Wildman–Crippen MR) is 112 cm³/mol. The molecule has 0 N–H and O–H groups in total. The first-order valence-corrected chi connectivity index (χ1v) is 9.78. The van der Waals surface area contributed by atoms with E-state index in [2.05, 4.69) is 18.9 Å². The Morgan fingerprint density at radius 1 is 0.439 bits per heavy atom. The predicted octanol–water partition coefficient (Wildman–Crippen LogP) is -1.35. The van der Waals surface area contributed by atoms with Gasteiger partial charge in [0.2, 0.25) is 6.61 Å². The van der Waals surface area contributed by atoms with Gasteiger partial charge in [-0.05, 0) is 0 Å². The molecule has 0 spiro atoms. The Bertz CT molecular complexity index is 900. The second-order valence-electron chi connectivity index (χ2n) is 8.08. The summed E-state index contributed by atoms with van der Waals surface area (Å²) in [6.45, 7) is -8.16. The number of alkyl halides is 1. The van der Waals surface area contributed by atoms with Crippen molar-refractivity contribution in [3.05, 3.63) is 80.9 Å². The highest BCUT2D eigenvalue weighted by molar-refractivity contribution is 4.66. The lowest BCUT2D eigenvalue weighted by atomic mass is 10.2. The van der Waals surface area contributed by atoms with Crippen LogP contribution in [0.2, 0.25) is 0 Å². The van der Waals surface area contributed by atoms with Gasteiger partial charge in [-0.25, -0.2) is 0 Å². The van der Waals surface area contributed by atoms with Gasteiger partial charge in [-0.15, -0.1) is 0 Å². The minimum Gasteiger partial charge on any atom is -0.288 e. The molecule has 0 aliphatic rings. The van der Waals surface area contributed by atoms with Crippen molar-refractivity contribution in [2.45, 2.75) is 49.8 Å². The molecular formula is C12H17FN8O20. The number of halogens is 1. The first kappa shape index (κ1) is 36.0. The molecule has 232 valence electrons. The lowest BCUT2D eigenvalue weighted by Crippen LogP contribution is -2.59. The molecule has 0 unspecified atom stereocenters. The van der Waals surface area contributed by atoms with Gasteiger partial charge < -0.3 is 0 Å². The van der Waals surface area contributed by atoms with Crippen LogP contribution in [0.25, 0.3) is 0 Å². The maximum atomic E-state index is 14.4. The summed E-state index contributed by atoms with van der Waals surface area (Å²) >= 11 is 0. The Hall–Kier alpha value is -5.03. The second kappa shape index (κ2) is 12.4. The second-order valence-corrected chi connectivity index (χ2v) is 8.08. The number of ether oxygens (including phenoxy) is 4. The summed E-state index contributed by atoms with van der Waals surface area (Å²) in [5.41, 5.74) is -10.6. The molecule has 0 bridgehead atoms. The molecule has 0 rings (SSSR count). The Kier molecular flexibility index (Phi) is 10.9. The van der Waals surface area contributed by atoms with Crippen molar-refractivity contribution in [1.29, 1.82) is 0 Å². The SMILES string of the molecule is CC(COC(OCC(C)([N+](=O)[O-])[N+](=O)[O-])(OCC(C)([N+](=O)[O-])[N+](=O)[O-])OCC(F)([N+](=O)[O-])[N+](=O)[O-])([N+](=O)[O-])[N+](=O)[O-]. The van der Waals surface area contributed by atoms with Crippen molar-refractivity contribution < 1.29 is 62.7 Å². The van der Waals surface area contributed by atoms with Gasteiger partial charge in [0, 0.05) is 0 Å². The van der Waals surface area contributed by atoms with Crippen LogP contribution in [-0.4, -0.2) is 94.9 Å². The van der Waals surface area contributed by atoms with Crippen molar-refractivity contribution >= 4 is 0 Å². The van der Waals surface area contributed by atoms with Gasteiger partial charge in [0.05, 0.1) is 20.8 Å². The van der Waals surface area contributed by atoms with Crippen LogP contribution in [0.1, 0.15) is 20.8 Å². The summed E-state index contributed by atoms with van der Waals surface area (Å²) in [6.07, 6.45) is -4.27. The molecule has 29 heteroatoms. The Labute approximate surface area is 221 Å². The molecule has 0 aliphatic heterocycles. The maximum absolute atomic E-state index is 14.4. The quantitative estimate of drug-likeness (QED) is 0.0663. The van der Waals surface area contributed by atoms with Crippen molar-refractivity contribution in [2.24, 2.45) is 0 Å². The summed E-state index contributed by atoms with van der Waals surface area (Å²) in [7, 11) is 0. The van der Waals surface area contributed by atoms with E-state index in [1.54, 1.807) is 0 Å². The average molecular weight is 612 g/mol. The molecule has 28 nitrogen and oxygen atoms in total. The van der Waals surface area contributed by atoms with Crippen LogP contribution in [0, 0.1) is 80.9 Å². The van der Waals surface area contributed by atoms with E-state index in [9.17, 15) is 85.3 Å². The van der Waals surface area contributed by atoms with E-state index in [1.807, 2.05) is 0 Å². The molecule has 0 radical (unpaired) electrons. The van der Waals surface area contributed by atoms with E-state index in [4.69, 9.17) is 0 Å². The molecular weight excluding hydrogens is 595 g/mol. The van der Waals surface area contributed by atoms with Gasteiger partial charge in [0.15, 0.2) is 19.8 Å². The van der Waals surface area contributed by atoms with E-state index < -0.39 is 94.9 Å². The van der Waals surface area contributed by atoms with Crippen LogP contribution in [0.15, 0.2) is 0 Å². The Morgan fingerprint density at radius 2 is 0.634 bits per heavy atom. The number of hydrogen-bond acceptors (Lipinski definition) is 20. The number of hydrogen-bond donors (Lipinski definition) is 0. The molecule has 0 aliphatic carbocycles. The zero-order valence-electron chi connectivity index (χ0n) is 20.4. The molecule has 0 aromatic carbocycles. The highest BCUT2D eigenvalue weighted by Crippen LogP contribution is 2.29. The fourth-order valence-electron chi connectivity index (χ4n) is 1.79. The minimum absolute atomic E-state index is 0.196. The third-order valence-corrected chi connectivity index (χ3v) is 4.92. The zero-order chi connectivity index (χ0) is 32.8. The van der Waals surface area contributed by atoms with E-state index in [0.717, 1.165) is 0 Å². The van der Waals surface area contributed by atoms with Crippen molar-refractivity contribution in [3.8, 4) is 0 Å². The summed E-state index contributed by atoms with van der Waals surface area (Å²) in [6, 6.07) is 0. The Morgan fingerprint density at radius 3 is 0.805 bits per heavy atom. The molecule has 0 saturated heterocycles. The van der Waals surface area contributed by atoms with Crippen LogP contribution in [0.3, 0.4) is 0 Å². The minimum atomic E-state index is -4.93. The molecule has 41 heavy (non-hydrogen) atoms. The molecule has 0 atom stereocenters. The van der Waals surface area contributed by atoms with Gasteiger partial charge in [-0.3, -0.25) is 99.9 Å². The fraction of sp³-hybridized carbons (Fsp3) is 1.00. The lowest BCUT2D eigenvalue weighted by molar-refractivity contribution is -0.837. The fourth-order valence-corrected chi connectivity index (χ4v) is 1.79. The van der Waals surface area contributed by atoms with E-state index in [0.29, 0.717) is 0 Å². The van der Waals surface area contributed by atoms with E-state index in [-0.39, 0.29) is 20.8 Å². The standard InChI is InChI=1S/C12H17FN8O20/c1-8(14(22)23,15(24)25)4-38-12(39-5-9(2,16(26)27)17(28)29,40-6-10(3,18(30)31)19(32)33)41-7-11(13,20(34)35)21(36)37/h4-7H2,1-3H3. The number of nitro groups is 8. The largest absolute Gasteiger partial charge is 0.638 e. The average Bonchev–Trinajstić information content (AvgIpc) is 2.85. The summed E-state index contributed by atoms with van der Waals surface area (Å²) in [5.74, 6) is -4.93. The summed E-state index contributed by atoms with van der Waals surface area (Å²) in [5, 5.41) is 89.2. The van der Waals surface area contributed by atoms with Crippen molar-refractivity contribution in [3.63, 3.8) is 0 Å². The highest BCUT2D eigenvalue weighted by Gasteiger charge is 2.64. The maximum Gasteiger partial charge on any atom is 0.638 e. The zero-order valence-corrected chi connectivity index (χ0v) is 20.4. The topological polar surface area (TPSA) is 382 Å². The normalized spacial score (nSPS) is 12.8. The summed E-state index contributed by atoms with van der Waals surface area (Å²) in [4.78, 5) is 74.6. The monoisotopic (exact) mass is 612 g/mol. The van der Waals surface area contributed by atoms with Gasteiger partial charge in [-0.2, -0.15) is 0 Å². The molecule has 0 saturated carbocycles. The molecule has 0 aromatic rings. The van der Waals surface area contributed by atoms with Gasteiger partial charge in [-0.1, -0.05) is 4.39 Å². The smallest absolute Gasteiger partial charge is 0.288 e. The molecule has 0 fully saturated rings. The molecule has 0 amide bonds. The van der Waals surface area contributed by atoms with E-state index >= 15 is 0 Å². The number of nitrogens with zero attached hydrogens (tertiary/aromatic N) is 8. The number of rotatable bonds is 20. The van der Waals surface area contributed by atoms with Gasteiger partial charge in [0.1, 0.15) is 39.4 Å². The van der Waals surface area contributed by atoms with Gasteiger partial charge >= 0.3 is 29.1 Å². The first-order valence-electron chi connectivity index (χ1n) is 9.78. The lowest BCUT2D eigenvalue weighted by Gasteiger charge is -2.32. The van der Waals surface area contributed by atoms with Crippen LogP contribution in [-0.2, 0) is 18.9 Å².